The highest BCUT2D eigenvalue weighted by atomic mass is 79.9. The Hall–Kier alpha value is -1.93. The summed E-state index contributed by atoms with van der Waals surface area (Å²) in [5.74, 6) is 0.466. The summed E-state index contributed by atoms with van der Waals surface area (Å²) in [6.45, 7) is 1.96. The lowest BCUT2D eigenvalue weighted by atomic mass is 10.2. The summed E-state index contributed by atoms with van der Waals surface area (Å²) in [6.07, 6.45) is 1.84. The molecule has 6 nitrogen and oxygen atoms in total. The third-order valence-electron chi connectivity index (χ3n) is 2.98. The number of anilines is 1. The second-order valence-electron chi connectivity index (χ2n) is 4.31. The molecule has 3 rings (SSSR count). The van der Waals surface area contributed by atoms with E-state index in [0.29, 0.717) is 22.7 Å². The van der Waals surface area contributed by atoms with E-state index in [2.05, 4.69) is 20.9 Å². The summed E-state index contributed by atoms with van der Waals surface area (Å²) in [5, 5.41) is 12.5. The lowest BCUT2D eigenvalue weighted by Crippen LogP contribution is -1.94. The standard InChI is InChI=1S/C12H9BrN4O2S/c1-6-2-9-15-11(12(14)16(9)4-8(6)13)7-3-10(17(18)19)20-5-7/h2-5H,14H2,1H3. The van der Waals surface area contributed by atoms with Crippen molar-refractivity contribution in [1.82, 2.24) is 9.38 Å². The maximum atomic E-state index is 10.7. The van der Waals surface area contributed by atoms with Crippen molar-refractivity contribution >= 4 is 43.7 Å². The van der Waals surface area contributed by atoms with Crippen LogP contribution in [-0.2, 0) is 0 Å². The number of aryl methyl sites for hydroxylation is 1. The lowest BCUT2D eigenvalue weighted by Gasteiger charge is -2.00. The largest absolute Gasteiger partial charge is 0.383 e. The molecule has 8 heteroatoms. The zero-order valence-corrected chi connectivity index (χ0v) is 12.7. The van der Waals surface area contributed by atoms with Gasteiger partial charge in [-0.2, -0.15) is 0 Å². The van der Waals surface area contributed by atoms with E-state index in [9.17, 15) is 10.1 Å². The van der Waals surface area contributed by atoms with Gasteiger partial charge in [0.2, 0.25) is 0 Å². The third-order valence-corrected chi connectivity index (χ3v) is 4.69. The van der Waals surface area contributed by atoms with Gasteiger partial charge < -0.3 is 5.73 Å². The topological polar surface area (TPSA) is 86.5 Å². The SMILES string of the molecule is Cc1cc2nc(-c3csc([N+](=O)[O-])c3)c(N)n2cc1Br. The van der Waals surface area contributed by atoms with Gasteiger partial charge in [0.15, 0.2) is 0 Å². The molecule has 20 heavy (non-hydrogen) atoms. The van der Waals surface area contributed by atoms with Gasteiger partial charge >= 0.3 is 5.00 Å². The van der Waals surface area contributed by atoms with Crippen molar-refractivity contribution in [1.29, 1.82) is 0 Å². The van der Waals surface area contributed by atoms with Crippen LogP contribution < -0.4 is 5.73 Å². The number of halogens is 1. The van der Waals surface area contributed by atoms with Crippen molar-refractivity contribution in [2.75, 3.05) is 5.73 Å². The maximum Gasteiger partial charge on any atom is 0.324 e. The fourth-order valence-electron chi connectivity index (χ4n) is 1.94. The average molecular weight is 353 g/mol. The number of hydrogen-bond acceptors (Lipinski definition) is 5. The molecule has 0 saturated heterocycles. The Morgan fingerprint density at radius 3 is 2.90 bits per heavy atom. The van der Waals surface area contributed by atoms with E-state index < -0.39 is 4.92 Å². The number of rotatable bonds is 2. The molecule has 3 aromatic rings. The second kappa shape index (κ2) is 4.57. The molecule has 0 fully saturated rings. The smallest absolute Gasteiger partial charge is 0.324 e. The van der Waals surface area contributed by atoms with Crippen LogP contribution in [0.2, 0.25) is 0 Å². The third kappa shape index (κ3) is 1.97. The van der Waals surface area contributed by atoms with E-state index in [4.69, 9.17) is 5.73 Å². The molecule has 0 unspecified atom stereocenters. The molecule has 0 bridgehead atoms. The maximum absolute atomic E-state index is 10.7. The number of fused-ring (bicyclic) bond motifs is 1. The fourth-order valence-corrected chi connectivity index (χ4v) is 2.96. The number of nitrogens with zero attached hydrogens (tertiary/aromatic N) is 3. The number of imidazole rings is 1. The number of nitro groups is 1. The molecule has 102 valence electrons. The minimum absolute atomic E-state index is 0.0776. The molecule has 0 aliphatic carbocycles. The molecule has 0 aromatic carbocycles. The zero-order valence-electron chi connectivity index (χ0n) is 10.3. The summed E-state index contributed by atoms with van der Waals surface area (Å²) < 4.78 is 2.69. The molecule has 0 radical (unpaired) electrons. The molecule has 3 heterocycles. The Morgan fingerprint density at radius 2 is 2.25 bits per heavy atom. The van der Waals surface area contributed by atoms with Crippen LogP contribution >= 0.6 is 27.3 Å². The first-order chi connectivity index (χ1) is 9.47. The summed E-state index contributed by atoms with van der Waals surface area (Å²) >= 11 is 4.51. The highest BCUT2D eigenvalue weighted by Crippen LogP contribution is 2.34. The average Bonchev–Trinajstić information content (AvgIpc) is 2.97. The molecule has 0 atom stereocenters. The molecule has 3 aromatic heterocycles. The van der Waals surface area contributed by atoms with Crippen molar-refractivity contribution in [3.05, 3.63) is 43.9 Å². The highest BCUT2D eigenvalue weighted by molar-refractivity contribution is 9.10. The molecular weight excluding hydrogens is 344 g/mol. The van der Waals surface area contributed by atoms with E-state index in [1.807, 2.05) is 19.2 Å². The number of aromatic nitrogens is 2. The van der Waals surface area contributed by atoms with Crippen molar-refractivity contribution in [3.63, 3.8) is 0 Å². The minimum Gasteiger partial charge on any atom is -0.383 e. The zero-order chi connectivity index (χ0) is 14.4. The Kier molecular flexibility index (Phi) is 2.98. The van der Waals surface area contributed by atoms with Crippen LogP contribution in [-0.4, -0.2) is 14.3 Å². The van der Waals surface area contributed by atoms with Crippen LogP contribution in [0.1, 0.15) is 5.56 Å². The monoisotopic (exact) mass is 352 g/mol. The van der Waals surface area contributed by atoms with Crippen LogP contribution in [0.25, 0.3) is 16.9 Å². The molecule has 0 aliphatic heterocycles. The summed E-state index contributed by atoms with van der Waals surface area (Å²) in [6, 6.07) is 3.40. The van der Waals surface area contributed by atoms with Gasteiger partial charge in [-0.05, 0) is 34.5 Å². The van der Waals surface area contributed by atoms with Crippen LogP contribution in [0.5, 0.6) is 0 Å². The van der Waals surface area contributed by atoms with Gasteiger partial charge in [-0.1, -0.05) is 11.3 Å². The van der Waals surface area contributed by atoms with Gasteiger partial charge in [0.1, 0.15) is 17.2 Å². The fraction of sp³-hybridized carbons (Fsp3) is 0.0833. The lowest BCUT2D eigenvalue weighted by molar-refractivity contribution is -0.380. The Balaban J connectivity index is 2.20. The van der Waals surface area contributed by atoms with E-state index in [1.54, 1.807) is 9.78 Å². The van der Waals surface area contributed by atoms with Gasteiger partial charge in [0.05, 0.1) is 4.92 Å². The van der Waals surface area contributed by atoms with Gasteiger partial charge in [0.25, 0.3) is 0 Å². The van der Waals surface area contributed by atoms with Crippen LogP contribution in [0, 0.1) is 17.0 Å². The summed E-state index contributed by atoms with van der Waals surface area (Å²) in [4.78, 5) is 14.8. The normalized spacial score (nSPS) is 11.1. The van der Waals surface area contributed by atoms with Crippen LogP contribution in [0.3, 0.4) is 0 Å². The Bertz CT molecular complexity index is 839. The van der Waals surface area contributed by atoms with Gasteiger partial charge in [-0.15, -0.1) is 0 Å². The van der Waals surface area contributed by atoms with Gasteiger partial charge in [-0.25, -0.2) is 4.98 Å². The van der Waals surface area contributed by atoms with Crippen molar-refractivity contribution in [2.24, 2.45) is 0 Å². The van der Waals surface area contributed by atoms with Crippen LogP contribution in [0.15, 0.2) is 28.2 Å². The molecule has 0 spiro atoms. The Morgan fingerprint density at radius 1 is 1.50 bits per heavy atom. The number of nitrogens with two attached hydrogens (primary N) is 1. The van der Waals surface area contributed by atoms with Crippen molar-refractivity contribution in [3.8, 4) is 11.3 Å². The van der Waals surface area contributed by atoms with E-state index in [1.165, 1.54) is 6.07 Å². The van der Waals surface area contributed by atoms with Gasteiger partial charge in [-0.3, -0.25) is 14.5 Å². The van der Waals surface area contributed by atoms with Gasteiger partial charge in [0, 0.05) is 27.7 Å². The van der Waals surface area contributed by atoms with Crippen molar-refractivity contribution in [2.45, 2.75) is 6.92 Å². The predicted octanol–water partition coefficient (Wildman–Crippen LogP) is 3.62. The highest BCUT2D eigenvalue weighted by Gasteiger charge is 2.17. The predicted molar refractivity (Wildman–Crippen MR) is 82.0 cm³/mol. The second-order valence-corrected chi connectivity index (χ2v) is 6.05. The van der Waals surface area contributed by atoms with E-state index >= 15 is 0 Å². The number of hydrogen-bond donors (Lipinski definition) is 1. The quantitative estimate of drug-likeness (QED) is 0.563. The molecule has 2 N–H and O–H groups in total. The number of nitrogen functional groups attached to an aromatic ring is 1. The molecule has 0 amide bonds. The van der Waals surface area contributed by atoms with E-state index in [-0.39, 0.29) is 5.00 Å². The Labute approximate surface area is 126 Å². The summed E-state index contributed by atoms with van der Waals surface area (Å²) in [7, 11) is 0. The first-order valence-electron chi connectivity index (χ1n) is 5.64. The first-order valence-corrected chi connectivity index (χ1v) is 7.31. The molecular formula is C12H9BrN4O2S. The first kappa shape index (κ1) is 13.1. The van der Waals surface area contributed by atoms with Crippen LogP contribution in [0.4, 0.5) is 10.8 Å². The molecule has 0 saturated carbocycles. The molecule has 0 aliphatic rings. The number of thiophene rings is 1. The van der Waals surface area contributed by atoms with Crippen molar-refractivity contribution < 1.29 is 4.92 Å². The minimum atomic E-state index is -0.416. The number of pyridine rings is 1. The summed E-state index contributed by atoms with van der Waals surface area (Å²) in [5.41, 5.74) is 9.08. The van der Waals surface area contributed by atoms with E-state index in [0.717, 1.165) is 21.4 Å².